The van der Waals surface area contributed by atoms with Crippen LogP contribution in [-0.4, -0.2) is 19.6 Å². The van der Waals surface area contributed by atoms with E-state index >= 15 is 0 Å². The summed E-state index contributed by atoms with van der Waals surface area (Å²) in [5.41, 5.74) is 15.2. The van der Waals surface area contributed by atoms with Gasteiger partial charge in [-0.15, -0.1) is 29.8 Å². The van der Waals surface area contributed by atoms with Crippen LogP contribution in [0.1, 0.15) is 101 Å². The second kappa shape index (κ2) is 16.3. The summed E-state index contributed by atoms with van der Waals surface area (Å²) in [6.45, 7) is 18.0. The molecule has 8 rings (SSSR count). The quantitative estimate of drug-likeness (QED) is 0.147. The number of phenols is 1. The van der Waals surface area contributed by atoms with Crippen molar-refractivity contribution >= 4 is 21.8 Å². The van der Waals surface area contributed by atoms with E-state index in [1.807, 2.05) is 24.4 Å². The maximum Gasteiger partial charge on any atom is 0.148 e. The number of nitrogens with zero attached hydrogens (tertiary/aromatic N) is 3. The monoisotopic (exact) mass is 927 g/mol. The Bertz CT molecular complexity index is 2690. The zero-order valence-corrected chi connectivity index (χ0v) is 36.3. The van der Waals surface area contributed by atoms with Gasteiger partial charge in [0.2, 0.25) is 0 Å². The van der Waals surface area contributed by atoms with Crippen molar-refractivity contribution in [1.29, 1.82) is 0 Å². The summed E-state index contributed by atoms with van der Waals surface area (Å²) in [7, 11) is 0. The molecule has 0 saturated carbocycles. The van der Waals surface area contributed by atoms with Crippen molar-refractivity contribution < 1.29 is 26.2 Å². The zero-order valence-electron chi connectivity index (χ0n) is 34.0. The van der Waals surface area contributed by atoms with Crippen LogP contribution in [0.4, 0.5) is 0 Å². The van der Waals surface area contributed by atoms with Gasteiger partial charge in [-0.25, -0.2) is 4.98 Å². The maximum atomic E-state index is 11.2. The molecule has 0 amide bonds. The Morgan fingerprint density at radius 2 is 1.14 bits per heavy atom. The number of pyridine rings is 1. The predicted molar refractivity (Wildman–Crippen MR) is 235 cm³/mol. The second-order valence-electron chi connectivity index (χ2n) is 16.3. The van der Waals surface area contributed by atoms with Gasteiger partial charge in [-0.3, -0.25) is 9.55 Å². The van der Waals surface area contributed by atoms with E-state index in [4.69, 9.17) is 9.97 Å². The van der Waals surface area contributed by atoms with Crippen LogP contribution in [0.2, 0.25) is 0 Å². The van der Waals surface area contributed by atoms with Crippen molar-refractivity contribution in [3.8, 4) is 56.3 Å². The fourth-order valence-corrected chi connectivity index (χ4v) is 8.26. The minimum absolute atomic E-state index is 0. The van der Waals surface area contributed by atoms with Gasteiger partial charge >= 0.3 is 0 Å². The molecule has 0 aliphatic carbocycles. The van der Waals surface area contributed by atoms with E-state index in [0.717, 1.165) is 49.9 Å². The fraction of sp³-hybridized carbons (Fsp3) is 0.231. The molecule has 2 heterocycles. The fourth-order valence-electron chi connectivity index (χ4n) is 8.26. The van der Waals surface area contributed by atoms with Crippen LogP contribution in [0.15, 0.2) is 128 Å². The van der Waals surface area contributed by atoms with Crippen LogP contribution in [0.3, 0.4) is 0 Å². The molecule has 0 saturated heterocycles. The maximum absolute atomic E-state index is 11.2. The number of phenolic OH excluding ortho intramolecular Hbond substituents is 1. The molecule has 0 aliphatic rings. The van der Waals surface area contributed by atoms with Gasteiger partial charge in [-0.2, -0.15) is 0 Å². The standard InChI is InChI=1S/C52H50N3O.Pt/c1-31(2)40-18-12-19-41(32(3)4)49(40)38-26-25-35-29-46(53-30-39(35)28-38)37-16-11-15-36(27-37)44-22-14-23-47-50(44)54-52(45-17-9-10-24-48(45)56)55(47)51-42(33(5)6)20-13-21-43(51)34(7)8;/h9-26,28-34,56H,1-8H3;/q-1;. The van der Waals surface area contributed by atoms with Crippen LogP contribution >= 0.6 is 0 Å². The van der Waals surface area contributed by atoms with Gasteiger partial charge in [-0.1, -0.05) is 145 Å². The number of hydrogen-bond acceptors (Lipinski definition) is 3. The third-order valence-corrected chi connectivity index (χ3v) is 11.1. The van der Waals surface area contributed by atoms with Gasteiger partial charge in [0.05, 0.1) is 22.3 Å². The normalized spacial score (nSPS) is 11.7. The van der Waals surface area contributed by atoms with Crippen LogP contribution in [-0.2, 0) is 21.1 Å². The first-order valence-electron chi connectivity index (χ1n) is 20.0. The number of imidazole rings is 1. The zero-order chi connectivity index (χ0) is 39.2. The second-order valence-corrected chi connectivity index (χ2v) is 16.3. The Balaban J connectivity index is 0.00000496. The topological polar surface area (TPSA) is 50.9 Å². The molecule has 57 heavy (non-hydrogen) atoms. The predicted octanol–water partition coefficient (Wildman–Crippen LogP) is 14.2. The molecule has 0 atom stereocenters. The van der Waals surface area contributed by atoms with Crippen molar-refractivity contribution in [3.05, 3.63) is 156 Å². The number of aromatic nitrogens is 3. The number of fused-ring (bicyclic) bond motifs is 2. The number of rotatable bonds is 9. The minimum atomic E-state index is 0. The molecule has 1 N–H and O–H groups in total. The summed E-state index contributed by atoms with van der Waals surface area (Å²) in [4.78, 5) is 10.4. The summed E-state index contributed by atoms with van der Waals surface area (Å²) in [5.74, 6) is 2.32. The first-order chi connectivity index (χ1) is 27.0. The van der Waals surface area contributed by atoms with Crippen LogP contribution < -0.4 is 0 Å². The number of benzene rings is 6. The molecule has 0 spiro atoms. The first kappa shape index (κ1) is 39.9. The van der Waals surface area contributed by atoms with Crippen LogP contribution in [0.5, 0.6) is 5.75 Å². The molecule has 0 radical (unpaired) electrons. The number of para-hydroxylation sites is 3. The summed E-state index contributed by atoms with van der Waals surface area (Å²) < 4.78 is 2.27. The van der Waals surface area contributed by atoms with Crippen LogP contribution in [0, 0.1) is 6.07 Å². The smallest absolute Gasteiger partial charge is 0.148 e. The van der Waals surface area contributed by atoms with Gasteiger partial charge in [0.15, 0.2) is 0 Å². The Hall–Kier alpha value is -5.31. The van der Waals surface area contributed by atoms with Crippen molar-refractivity contribution in [3.63, 3.8) is 0 Å². The molecule has 2 aromatic heterocycles. The van der Waals surface area contributed by atoms with E-state index in [1.54, 1.807) is 6.07 Å². The largest absolute Gasteiger partial charge is 0.507 e. The third kappa shape index (κ3) is 7.37. The first-order valence-corrected chi connectivity index (χ1v) is 20.0. The molecular formula is C52H50N3OPt-. The van der Waals surface area contributed by atoms with E-state index in [1.165, 1.54) is 33.4 Å². The molecule has 0 bridgehead atoms. The van der Waals surface area contributed by atoms with E-state index in [-0.39, 0.29) is 38.7 Å². The van der Waals surface area contributed by atoms with Crippen molar-refractivity contribution in [2.75, 3.05) is 0 Å². The summed E-state index contributed by atoms with van der Waals surface area (Å²) in [6, 6.07) is 46.2. The van der Waals surface area contributed by atoms with Crippen LogP contribution in [0.25, 0.3) is 72.4 Å². The Morgan fingerprint density at radius 1 is 0.561 bits per heavy atom. The molecule has 290 valence electrons. The summed E-state index contributed by atoms with van der Waals surface area (Å²) in [6.07, 6.45) is 2.00. The summed E-state index contributed by atoms with van der Waals surface area (Å²) in [5, 5.41) is 13.5. The minimum Gasteiger partial charge on any atom is -0.507 e. The molecule has 8 aromatic rings. The van der Waals surface area contributed by atoms with E-state index < -0.39 is 0 Å². The van der Waals surface area contributed by atoms with Crippen molar-refractivity contribution in [1.82, 2.24) is 14.5 Å². The molecule has 5 heteroatoms. The van der Waals surface area contributed by atoms with Crippen molar-refractivity contribution in [2.24, 2.45) is 0 Å². The molecule has 0 fully saturated rings. The average Bonchev–Trinajstić information content (AvgIpc) is 3.59. The van der Waals surface area contributed by atoms with Gasteiger partial charge in [0, 0.05) is 33.0 Å². The Labute approximate surface area is 352 Å². The van der Waals surface area contributed by atoms with E-state index in [2.05, 4.69) is 163 Å². The molecule has 0 aliphatic heterocycles. The molecule has 4 nitrogen and oxygen atoms in total. The van der Waals surface area contributed by atoms with Gasteiger partial charge < -0.3 is 5.11 Å². The third-order valence-electron chi connectivity index (χ3n) is 11.1. The average molecular weight is 928 g/mol. The SMILES string of the molecule is CC(C)c1cccc(C(C)C)c1-c1ccc2cc(-c3[c-]c(-c4cccc5c4nc(-c4ccccc4O)n5-c4c(C(C)C)cccc4C(C)C)ccc3)ncc2c1.[Pt]. The molecule has 6 aromatic carbocycles. The van der Waals surface area contributed by atoms with E-state index in [0.29, 0.717) is 23.2 Å². The Morgan fingerprint density at radius 3 is 1.79 bits per heavy atom. The van der Waals surface area contributed by atoms with Gasteiger partial charge in [0.1, 0.15) is 11.6 Å². The number of hydrogen-bond donors (Lipinski definition) is 1. The molecular weight excluding hydrogens is 878 g/mol. The van der Waals surface area contributed by atoms with Crippen molar-refractivity contribution in [2.45, 2.75) is 79.1 Å². The Kier molecular flexibility index (Phi) is 11.4. The molecule has 0 unspecified atom stereocenters. The number of aromatic hydroxyl groups is 1. The van der Waals surface area contributed by atoms with E-state index in [9.17, 15) is 5.11 Å². The van der Waals surface area contributed by atoms with Gasteiger partial charge in [-0.05, 0) is 92.1 Å². The summed E-state index contributed by atoms with van der Waals surface area (Å²) >= 11 is 0. The van der Waals surface area contributed by atoms with Gasteiger partial charge in [0.25, 0.3) is 0 Å².